The van der Waals surface area contributed by atoms with Crippen molar-refractivity contribution < 1.29 is 19.1 Å². The van der Waals surface area contributed by atoms with Gasteiger partial charge in [0.15, 0.2) is 0 Å². The molecule has 0 bridgehead atoms. The highest BCUT2D eigenvalue weighted by Crippen LogP contribution is 2.14. The molecular weight excluding hydrogens is 328 g/mol. The van der Waals surface area contributed by atoms with Gasteiger partial charge in [-0.15, -0.1) is 0 Å². The highest BCUT2D eigenvalue weighted by atomic mass is 16.5. The molecule has 0 spiro atoms. The van der Waals surface area contributed by atoms with E-state index in [2.05, 4.69) is 6.92 Å². The van der Waals surface area contributed by atoms with E-state index in [1.54, 1.807) is 24.3 Å². The molecule has 0 aliphatic rings. The quantitative estimate of drug-likeness (QED) is 0.601. The van der Waals surface area contributed by atoms with Crippen molar-refractivity contribution in [2.45, 2.75) is 39.2 Å². The average Bonchev–Trinajstić information content (AvgIpc) is 2.67. The second-order valence-electron chi connectivity index (χ2n) is 6.58. The molecule has 0 fully saturated rings. The van der Waals surface area contributed by atoms with Crippen LogP contribution in [0.4, 0.5) is 0 Å². The van der Waals surface area contributed by atoms with E-state index in [0.717, 1.165) is 19.3 Å². The number of esters is 2. The Morgan fingerprint density at radius 2 is 1.35 bits per heavy atom. The number of ether oxygens (including phenoxy) is 2. The van der Waals surface area contributed by atoms with Crippen LogP contribution >= 0.6 is 0 Å². The van der Waals surface area contributed by atoms with Gasteiger partial charge in [-0.2, -0.15) is 0 Å². The summed E-state index contributed by atoms with van der Waals surface area (Å²) < 4.78 is 10.8. The van der Waals surface area contributed by atoms with Crippen molar-refractivity contribution in [3.05, 3.63) is 71.8 Å². The van der Waals surface area contributed by atoms with E-state index in [4.69, 9.17) is 9.47 Å². The Balaban J connectivity index is 1.62. The first-order valence-electron chi connectivity index (χ1n) is 9.04. The molecule has 26 heavy (non-hydrogen) atoms. The lowest BCUT2D eigenvalue weighted by atomic mass is 10.0. The normalized spacial score (nSPS) is 12.8. The zero-order valence-electron chi connectivity index (χ0n) is 15.4. The molecule has 0 saturated heterocycles. The third-order valence-electron chi connectivity index (χ3n) is 4.13. The van der Waals surface area contributed by atoms with Crippen LogP contribution in [0.1, 0.15) is 53.8 Å². The van der Waals surface area contributed by atoms with Crippen LogP contribution in [0.3, 0.4) is 0 Å². The molecule has 0 aliphatic carbocycles. The highest BCUT2D eigenvalue weighted by Gasteiger charge is 2.13. The third kappa shape index (κ3) is 6.71. The summed E-state index contributed by atoms with van der Waals surface area (Å²) in [6.07, 6.45) is 2.47. The summed E-state index contributed by atoms with van der Waals surface area (Å²) >= 11 is 0. The molecule has 4 heteroatoms. The lowest BCUT2D eigenvalue weighted by Gasteiger charge is -2.15. The first-order chi connectivity index (χ1) is 12.6. The standard InChI is InChI=1S/C22H26O4/c1-17(16-25-21(23)19-12-5-3-6-13-19)10-9-11-18(2)26-22(24)20-14-7-4-8-15-20/h3-8,12-15,17-18H,9-11,16H2,1-2H3. The van der Waals surface area contributed by atoms with Crippen LogP contribution in [0.2, 0.25) is 0 Å². The van der Waals surface area contributed by atoms with Crippen molar-refractivity contribution >= 4 is 11.9 Å². The Bertz CT molecular complexity index is 682. The minimum atomic E-state index is -0.289. The fourth-order valence-electron chi connectivity index (χ4n) is 2.60. The first-order valence-corrected chi connectivity index (χ1v) is 9.04. The summed E-state index contributed by atoms with van der Waals surface area (Å²) in [7, 11) is 0. The van der Waals surface area contributed by atoms with Crippen LogP contribution in [0.25, 0.3) is 0 Å². The monoisotopic (exact) mass is 354 g/mol. The van der Waals surface area contributed by atoms with Gasteiger partial charge in [0.2, 0.25) is 0 Å². The number of hydrogen-bond donors (Lipinski definition) is 0. The lowest BCUT2D eigenvalue weighted by molar-refractivity contribution is 0.0305. The van der Waals surface area contributed by atoms with Crippen LogP contribution in [0, 0.1) is 5.92 Å². The Hall–Kier alpha value is -2.62. The molecule has 2 unspecified atom stereocenters. The maximum absolute atomic E-state index is 12.0. The van der Waals surface area contributed by atoms with Crippen molar-refractivity contribution in [3.63, 3.8) is 0 Å². The maximum Gasteiger partial charge on any atom is 0.338 e. The molecule has 0 heterocycles. The smallest absolute Gasteiger partial charge is 0.338 e. The fraction of sp³-hybridized carbons (Fsp3) is 0.364. The minimum absolute atomic E-state index is 0.137. The molecule has 0 amide bonds. The van der Waals surface area contributed by atoms with Gasteiger partial charge in [-0.1, -0.05) is 43.3 Å². The van der Waals surface area contributed by atoms with Crippen molar-refractivity contribution in [1.29, 1.82) is 0 Å². The van der Waals surface area contributed by atoms with Gasteiger partial charge in [-0.05, 0) is 56.4 Å². The van der Waals surface area contributed by atoms with E-state index in [1.165, 1.54) is 0 Å². The second-order valence-corrected chi connectivity index (χ2v) is 6.58. The summed E-state index contributed by atoms with van der Waals surface area (Å²) in [5.74, 6) is -0.315. The lowest BCUT2D eigenvalue weighted by Crippen LogP contribution is -2.16. The van der Waals surface area contributed by atoms with Crippen LogP contribution < -0.4 is 0 Å². The zero-order valence-corrected chi connectivity index (χ0v) is 15.4. The van der Waals surface area contributed by atoms with E-state index < -0.39 is 0 Å². The highest BCUT2D eigenvalue weighted by molar-refractivity contribution is 5.89. The van der Waals surface area contributed by atoms with Crippen LogP contribution in [-0.4, -0.2) is 24.6 Å². The SMILES string of the molecule is CC(CCCC(C)OC(=O)c1ccccc1)COC(=O)c1ccccc1. The van der Waals surface area contributed by atoms with Crippen LogP contribution in [-0.2, 0) is 9.47 Å². The van der Waals surface area contributed by atoms with Gasteiger partial charge in [-0.3, -0.25) is 0 Å². The average molecular weight is 354 g/mol. The summed E-state index contributed by atoms with van der Waals surface area (Å²) in [6, 6.07) is 18.0. The Labute approximate surface area is 155 Å². The Morgan fingerprint density at radius 3 is 1.92 bits per heavy atom. The summed E-state index contributed by atoms with van der Waals surface area (Å²) in [5, 5.41) is 0. The molecule has 4 nitrogen and oxygen atoms in total. The molecule has 2 aromatic rings. The maximum atomic E-state index is 12.0. The van der Waals surface area contributed by atoms with Crippen molar-refractivity contribution in [2.24, 2.45) is 5.92 Å². The van der Waals surface area contributed by atoms with E-state index in [0.29, 0.717) is 17.7 Å². The van der Waals surface area contributed by atoms with Gasteiger partial charge in [0.05, 0.1) is 23.8 Å². The van der Waals surface area contributed by atoms with Gasteiger partial charge in [0.1, 0.15) is 0 Å². The van der Waals surface area contributed by atoms with E-state index >= 15 is 0 Å². The molecule has 0 radical (unpaired) electrons. The van der Waals surface area contributed by atoms with Crippen molar-refractivity contribution in [2.75, 3.05) is 6.61 Å². The summed E-state index contributed by atoms with van der Waals surface area (Å²) in [6.45, 7) is 4.35. The van der Waals surface area contributed by atoms with Gasteiger partial charge in [0, 0.05) is 0 Å². The van der Waals surface area contributed by atoms with Crippen LogP contribution in [0.5, 0.6) is 0 Å². The number of carbonyl (C=O) groups is 2. The number of benzene rings is 2. The van der Waals surface area contributed by atoms with E-state index in [-0.39, 0.29) is 24.0 Å². The summed E-state index contributed by atoms with van der Waals surface area (Å²) in [5.41, 5.74) is 1.14. The van der Waals surface area contributed by atoms with Crippen molar-refractivity contribution in [3.8, 4) is 0 Å². The molecule has 0 aromatic heterocycles. The second kappa shape index (κ2) is 10.4. The summed E-state index contributed by atoms with van der Waals surface area (Å²) in [4.78, 5) is 23.9. The number of hydrogen-bond acceptors (Lipinski definition) is 4. The van der Waals surface area contributed by atoms with Gasteiger partial charge >= 0.3 is 11.9 Å². The zero-order chi connectivity index (χ0) is 18.8. The van der Waals surface area contributed by atoms with Crippen molar-refractivity contribution in [1.82, 2.24) is 0 Å². The molecule has 0 saturated carbocycles. The van der Waals surface area contributed by atoms with Gasteiger partial charge in [0.25, 0.3) is 0 Å². The van der Waals surface area contributed by atoms with Gasteiger partial charge in [-0.25, -0.2) is 9.59 Å². The molecule has 2 atom stereocenters. The molecule has 0 N–H and O–H groups in total. The Kier molecular flexibility index (Phi) is 7.87. The third-order valence-corrected chi connectivity index (χ3v) is 4.13. The van der Waals surface area contributed by atoms with Crippen LogP contribution in [0.15, 0.2) is 60.7 Å². The first kappa shape index (κ1) is 19.7. The minimum Gasteiger partial charge on any atom is -0.462 e. The molecular formula is C22H26O4. The Morgan fingerprint density at radius 1 is 0.808 bits per heavy atom. The van der Waals surface area contributed by atoms with E-state index in [1.807, 2.05) is 43.3 Å². The fourth-order valence-corrected chi connectivity index (χ4v) is 2.60. The topological polar surface area (TPSA) is 52.6 Å². The van der Waals surface area contributed by atoms with E-state index in [9.17, 15) is 9.59 Å². The van der Waals surface area contributed by atoms with Gasteiger partial charge < -0.3 is 9.47 Å². The molecule has 138 valence electrons. The molecule has 2 aromatic carbocycles. The molecule has 2 rings (SSSR count). The predicted molar refractivity (Wildman–Crippen MR) is 101 cm³/mol. The number of carbonyl (C=O) groups excluding carboxylic acids is 2. The largest absolute Gasteiger partial charge is 0.462 e. The predicted octanol–water partition coefficient (Wildman–Crippen LogP) is 4.90. The molecule has 0 aliphatic heterocycles. The number of rotatable bonds is 9.